The molecule has 8 heteroatoms. The Kier molecular flexibility index (Phi) is 5.24. The van der Waals surface area contributed by atoms with Crippen molar-refractivity contribution >= 4 is 10.1 Å². The van der Waals surface area contributed by atoms with E-state index in [9.17, 15) is 21.6 Å². The first kappa shape index (κ1) is 18.7. The minimum atomic E-state index is -4.61. The van der Waals surface area contributed by atoms with Crippen LogP contribution in [0.5, 0.6) is 5.75 Å². The van der Waals surface area contributed by atoms with Gasteiger partial charge in [0.15, 0.2) is 0 Å². The number of halogens is 3. The SMILES string of the molecule is O=S(=O)(OC1CCC1)c1ccc(C(F)(F)F)cc1OCc1ccccc1. The van der Waals surface area contributed by atoms with Crippen molar-refractivity contribution in [2.75, 3.05) is 0 Å². The predicted molar refractivity (Wildman–Crippen MR) is 88.1 cm³/mol. The molecular weight excluding hydrogens is 369 g/mol. The molecule has 3 rings (SSSR count). The van der Waals surface area contributed by atoms with Crippen LogP contribution in [0.2, 0.25) is 0 Å². The molecule has 0 saturated heterocycles. The molecule has 4 nitrogen and oxygen atoms in total. The molecule has 2 aromatic carbocycles. The number of hydrogen-bond acceptors (Lipinski definition) is 4. The summed E-state index contributed by atoms with van der Waals surface area (Å²) < 4.78 is 74.4. The Balaban J connectivity index is 1.91. The summed E-state index contributed by atoms with van der Waals surface area (Å²) >= 11 is 0. The van der Waals surface area contributed by atoms with Crippen LogP contribution in [-0.2, 0) is 27.1 Å². The normalized spacial score (nSPS) is 15.5. The van der Waals surface area contributed by atoms with Gasteiger partial charge in [-0.15, -0.1) is 0 Å². The summed E-state index contributed by atoms with van der Waals surface area (Å²) in [6.45, 7) is -0.0614. The zero-order chi connectivity index (χ0) is 18.8. The van der Waals surface area contributed by atoms with Crippen molar-refractivity contribution in [3.8, 4) is 5.75 Å². The lowest BCUT2D eigenvalue weighted by Crippen LogP contribution is -2.25. The van der Waals surface area contributed by atoms with Crippen LogP contribution in [0, 0.1) is 0 Å². The van der Waals surface area contributed by atoms with Gasteiger partial charge >= 0.3 is 16.3 Å². The molecule has 0 radical (unpaired) electrons. The fourth-order valence-corrected chi connectivity index (χ4v) is 3.69. The van der Waals surface area contributed by atoms with Gasteiger partial charge in [0.2, 0.25) is 0 Å². The van der Waals surface area contributed by atoms with E-state index in [1.165, 1.54) is 0 Å². The monoisotopic (exact) mass is 386 g/mol. The second kappa shape index (κ2) is 7.28. The fourth-order valence-electron chi connectivity index (χ4n) is 2.44. The first-order chi connectivity index (χ1) is 12.3. The van der Waals surface area contributed by atoms with E-state index in [-0.39, 0.29) is 12.4 Å². The van der Waals surface area contributed by atoms with Gasteiger partial charge < -0.3 is 4.74 Å². The third-order valence-corrected chi connectivity index (χ3v) is 5.49. The number of ether oxygens (including phenoxy) is 1. The van der Waals surface area contributed by atoms with Crippen LogP contribution < -0.4 is 4.74 Å². The van der Waals surface area contributed by atoms with Crippen molar-refractivity contribution in [2.45, 2.75) is 43.0 Å². The van der Waals surface area contributed by atoms with Crippen molar-refractivity contribution < 1.29 is 30.5 Å². The summed E-state index contributed by atoms with van der Waals surface area (Å²) in [5, 5.41) is 0. The number of rotatable bonds is 6. The van der Waals surface area contributed by atoms with E-state index in [4.69, 9.17) is 8.92 Å². The van der Waals surface area contributed by atoms with Crippen LogP contribution in [0.1, 0.15) is 30.4 Å². The van der Waals surface area contributed by atoms with Crippen LogP contribution in [0.25, 0.3) is 0 Å². The first-order valence-corrected chi connectivity index (χ1v) is 9.48. The van der Waals surface area contributed by atoms with Crippen LogP contribution >= 0.6 is 0 Å². The zero-order valence-electron chi connectivity index (χ0n) is 13.7. The van der Waals surface area contributed by atoms with E-state index in [2.05, 4.69) is 0 Å². The van der Waals surface area contributed by atoms with Crippen molar-refractivity contribution in [2.24, 2.45) is 0 Å². The average Bonchev–Trinajstić information content (AvgIpc) is 2.56. The van der Waals surface area contributed by atoms with Crippen molar-refractivity contribution in [1.29, 1.82) is 0 Å². The average molecular weight is 386 g/mol. The second-order valence-electron chi connectivity index (χ2n) is 6.04. The third-order valence-electron chi connectivity index (χ3n) is 4.09. The second-order valence-corrected chi connectivity index (χ2v) is 7.58. The van der Waals surface area contributed by atoms with Crippen LogP contribution in [0.15, 0.2) is 53.4 Å². The lowest BCUT2D eigenvalue weighted by molar-refractivity contribution is -0.137. The topological polar surface area (TPSA) is 52.6 Å². The van der Waals surface area contributed by atoms with E-state index in [1.807, 2.05) is 0 Å². The quantitative estimate of drug-likeness (QED) is 0.684. The van der Waals surface area contributed by atoms with Crippen molar-refractivity contribution in [1.82, 2.24) is 0 Å². The van der Waals surface area contributed by atoms with E-state index < -0.39 is 32.9 Å². The third kappa shape index (κ3) is 4.37. The summed E-state index contributed by atoms with van der Waals surface area (Å²) in [4.78, 5) is -0.395. The Labute approximate surface area is 149 Å². The maximum atomic E-state index is 13.0. The maximum Gasteiger partial charge on any atom is 0.416 e. The minimum Gasteiger partial charge on any atom is -0.487 e. The van der Waals surface area contributed by atoms with Gasteiger partial charge in [0.1, 0.15) is 17.3 Å². The number of alkyl halides is 3. The highest BCUT2D eigenvalue weighted by molar-refractivity contribution is 7.86. The standard InChI is InChI=1S/C18H17F3O4S/c19-18(20,21)14-9-10-17(26(22,23)25-15-7-4-8-15)16(11-14)24-12-13-5-2-1-3-6-13/h1-3,5-6,9-11,15H,4,7-8,12H2. The molecule has 140 valence electrons. The minimum absolute atomic E-state index is 0.0614. The first-order valence-electron chi connectivity index (χ1n) is 8.07. The fraction of sp³-hybridized carbons (Fsp3) is 0.333. The van der Waals surface area contributed by atoms with E-state index >= 15 is 0 Å². The Morgan fingerprint density at radius 2 is 1.73 bits per heavy atom. The van der Waals surface area contributed by atoms with Crippen LogP contribution in [0.4, 0.5) is 13.2 Å². The van der Waals surface area contributed by atoms with Crippen molar-refractivity contribution in [3.63, 3.8) is 0 Å². The molecule has 26 heavy (non-hydrogen) atoms. The molecule has 0 atom stereocenters. The highest BCUT2D eigenvalue weighted by Crippen LogP contribution is 2.37. The number of benzene rings is 2. The lowest BCUT2D eigenvalue weighted by Gasteiger charge is -2.25. The van der Waals surface area contributed by atoms with Gasteiger partial charge in [0, 0.05) is 0 Å². The van der Waals surface area contributed by atoms with Gasteiger partial charge in [-0.25, -0.2) is 0 Å². The highest BCUT2D eigenvalue weighted by atomic mass is 32.2. The van der Waals surface area contributed by atoms with Gasteiger partial charge in [-0.2, -0.15) is 21.6 Å². The molecule has 1 fully saturated rings. The molecule has 0 unspecified atom stereocenters. The van der Waals surface area contributed by atoms with Gasteiger partial charge in [0.25, 0.3) is 0 Å². The van der Waals surface area contributed by atoms with Crippen molar-refractivity contribution in [3.05, 3.63) is 59.7 Å². The molecule has 0 spiro atoms. The predicted octanol–water partition coefficient (Wildman–Crippen LogP) is 4.54. The van der Waals surface area contributed by atoms with E-state index in [0.29, 0.717) is 30.5 Å². The Hall–Kier alpha value is -2.06. The summed E-state index contributed by atoms with van der Waals surface area (Å²) in [5.74, 6) is -0.372. The molecule has 0 aliphatic heterocycles. The van der Waals surface area contributed by atoms with Gasteiger partial charge in [-0.3, -0.25) is 4.18 Å². The summed E-state index contributed by atoms with van der Waals surface area (Å²) in [6, 6.07) is 11.0. The van der Waals surface area contributed by atoms with Gasteiger partial charge in [0.05, 0.1) is 11.7 Å². The molecular formula is C18H17F3O4S. The Bertz CT molecular complexity index is 860. The molecule has 0 bridgehead atoms. The van der Waals surface area contributed by atoms with Crippen LogP contribution in [0.3, 0.4) is 0 Å². The molecule has 1 saturated carbocycles. The lowest BCUT2D eigenvalue weighted by atomic mass is 9.97. The van der Waals surface area contributed by atoms with E-state index in [1.54, 1.807) is 30.3 Å². The molecule has 1 aliphatic carbocycles. The molecule has 1 aliphatic rings. The van der Waals surface area contributed by atoms with Gasteiger partial charge in [-0.05, 0) is 43.0 Å². The molecule has 0 heterocycles. The van der Waals surface area contributed by atoms with E-state index in [0.717, 1.165) is 12.5 Å². The molecule has 0 aromatic heterocycles. The summed E-state index contributed by atoms with van der Waals surface area (Å²) in [6.07, 6.45) is -2.95. The highest BCUT2D eigenvalue weighted by Gasteiger charge is 2.34. The largest absolute Gasteiger partial charge is 0.487 e. The summed E-state index contributed by atoms with van der Waals surface area (Å²) in [7, 11) is -4.21. The maximum absolute atomic E-state index is 13.0. The number of hydrogen-bond donors (Lipinski definition) is 0. The Morgan fingerprint density at radius 3 is 2.31 bits per heavy atom. The zero-order valence-corrected chi connectivity index (χ0v) is 14.5. The molecule has 0 amide bonds. The van der Waals surface area contributed by atoms with Crippen LogP contribution in [-0.4, -0.2) is 14.5 Å². The summed E-state index contributed by atoms with van der Waals surface area (Å²) in [5.41, 5.74) is -0.281. The Morgan fingerprint density at radius 1 is 1.04 bits per heavy atom. The molecule has 0 N–H and O–H groups in total. The molecule has 2 aromatic rings. The smallest absolute Gasteiger partial charge is 0.416 e. The van der Waals surface area contributed by atoms with Gasteiger partial charge in [-0.1, -0.05) is 30.3 Å².